The van der Waals surface area contributed by atoms with E-state index in [2.05, 4.69) is 34.5 Å². The molecular formula is C12H25N5O. The fourth-order valence-electron chi connectivity index (χ4n) is 2.60. The molecule has 2 aliphatic rings. The van der Waals surface area contributed by atoms with E-state index in [0.29, 0.717) is 24.6 Å². The lowest BCUT2D eigenvalue weighted by Gasteiger charge is -2.34. The number of hydrazine groups is 1. The van der Waals surface area contributed by atoms with E-state index in [1.54, 1.807) is 0 Å². The van der Waals surface area contributed by atoms with Crippen LogP contribution in [0.4, 0.5) is 0 Å². The summed E-state index contributed by atoms with van der Waals surface area (Å²) >= 11 is 0. The number of nitrogens with zero attached hydrogens (tertiary/aromatic N) is 2. The Kier molecular flexibility index (Phi) is 4.79. The van der Waals surface area contributed by atoms with Crippen molar-refractivity contribution in [3.05, 3.63) is 0 Å². The molecule has 0 aromatic heterocycles. The van der Waals surface area contributed by atoms with Crippen LogP contribution in [0, 0.1) is 0 Å². The summed E-state index contributed by atoms with van der Waals surface area (Å²) in [5.41, 5.74) is 2.59. The third-order valence-corrected chi connectivity index (χ3v) is 3.48. The van der Waals surface area contributed by atoms with Crippen molar-refractivity contribution in [2.45, 2.75) is 44.9 Å². The molecule has 0 bridgehead atoms. The van der Waals surface area contributed by atoms with Crippen LogP contribution in [0.25, 0.3) is 0 Å². The van der Waals surface area contributed by atoms with Crippen LogP contribution in [0.15, 0.2) is 4.99 Å². The third-order valence-electron chi connectivity index (χ3n) is 3.48. The van der Waals surface area contributed by atoms with Crippen molar-refractivity contribution < 1.29 is 4.74 Å². The number of morpholine rings is 1. The van der Waals surface area contributed by atoms with Gasteiger partial charge in [-0.2, -0.15) is 0 Å². The van der Waals surface area contributed by atoms with E-state index in [4.69, 9.17) is 10.6 Å². The van der Waals surface area contributed by atoms with Crippen molar-refractivity contribution in [3.8, 4) is 0 Å². The van der Waals surface area contributed by atoms with Crippen molar-refractivity contribution in [1.82, 2.24) is 15.6 Å². The summed E-state index contributed by atoms with van der Waals surface area (Å²) in [7, 11) is 0. The lowest BCUT2D eigenvalue weighted by molar-refractivity contribution is -0.0432. The highest BCUT2D eigenvalue weighted by molar-refractivity contribution is 5.79. The number of ether oxygens (including phenoxy) is 1. The highest BCUT2D eigenvalue weighted by Gasteiger charge is 2.31. The van der Waals surface area contributed by atoms with Gasteiger partial charge in [0.25, 0.3) is 0 Å². The minimum atomic E-state index is 0.191. The molecule has 2 fully saturated rings. The first-order valence-electron chi connectivity index (χ1n) is 6.82. The van der Waals surface area contributed by atoms with E-state index in [-0.39, 0.29) is 6.10 Å². The Balaban J connectivity index is 1.80. The predicted molar refractivity (Wildman–Crippen MR) is 72.2 cm³/mol. The predicted octanol–water partition coefficient (Wildman–Crippen LogP) is -0.333. The molecule has 6 heteroatoms. The van der Waals surface area contributed by atoms with Gasteiger partial charge >= 0.3 is 0 Å². The van der Waals surface area contributed by atoms with E-state index in [1.807, 2.05) is 0 Å². The minimum absolute atomic E-state index is 0.191. The Labute approximate surface area is 109 Å². The van der Waals surface area contributed by atoms with E-state index >= 15 is 0 Å². The number of guanidine groups is 1. The van der Waals surface area contributed by atoms with E-state index in [9.17, 15) is 0 Å². The van der Waals surface area contributed by atoms with E-state index < -0.39 is 0 Å². The third kappa shape index (κ3) is 3.57. The fraction of sp³-hybridized carbons (Fsp3) is 0.917. The van der Waals surface area contributed by atoms with Gasteiger partial charge in [-0.3, -0.25) is 10.3 Å². The maximum Gasteiger partial charge on any atom is 0.206 e. The molecule has 2 heterocycles. The van der Waals surface area contributed by atoms with Crippen LogP contribution in [-0.2, 0) is 4.74 Å². The first-order valence-corrected chi connectivity index (χ1v) is 6.82. The van der Waals surface area contributed by atoms with Gasteiger partial charge in [-0.25, -0.2) is 10.8 Å². The van der Waals surface area contributed by atoms with Crippen LogP contribution in [0.2, 0.25) is 0 Å². The van der Waals surface area contributed by atoms with Crippen molar-refractivity contribution >= 4 is 5.96 Å². The zero-order valence-electron chi connectivity index (χ0n) is 11.4. The molecule has 0 amide bonds. The van der Waals surface area contributed by atoms with Crippen LogP contribution < -0.4 is 16.6 Å². The van der Waals surface area contributed by atoms with Crippen molar-refractivity contribution in [2.24, 2.45) is 10.8 Å². The molecule has 0 radical (unpaired) electrons. The van der Waals surface area contributed by atoms with Crippen molar-refractivity contribution in [3.63, 3.8) is 0 Å². The molecule has 2 aliphatic heterocycles. The van der Waals surface area contributed by atoms with Crippen molar-refractivity contribution in [2.75, 3.05) is 26.2 Å². The second kappa shape index (κ2) is 6.36. The van der Waals surface area contributed by atoms with Gasteiger partial charge < -0.3 is 10.1 Å². The van der Waals surface area contributed by atoms with Crippen LogP contribution in [0.1, 0.15) is 26.7 Å². The molecule has 0 aromatic carbocycles. The highest BCUT2D eigenvalue weighted by atomic mass is 16.5. The highest BCUT2D eigenvalue weighted by Crippen LogP contribution is 2.22. The number of rotatable bonds is 3. The Hall–Kier alpha value is -0.850. The van der Waals surface area contributed by atoms with Crippen LogP contribution in [0.5, 0.6) is 0 Å². The van der Waals surface area contributed by atoms with Crippen molar-refractivity contribution in [1.29, 1.82) is 0 Å². The van der Waals surface area contributed by atoms with Gasteiger partial charge in [0.05, 0.1) is 19.3 Å². The van der Waals surface area contributed by atoms with E-state index in [0.717, 1.165) is 13.2 Å². The second-order valence-electron chi connectivity index (χ2n) is 5.38. The maximum atomic E-state index is 5.85. The number of hydrogen-bond acceptors (Lipinski definition) is 4. The second-order valence-corrected chi connectivity index (χ2v) is 5.38. The molecule has 2 unspecified atom stereocenters. The molecular weight excluding hydrogens is 230 g/mol. The molecule has 18 heavy (non-hydrogen) atoms. The lowest BCUT2D eigenvalue weighted by Crippen LogP contribution is -2.48. The average molecular weight is 255 g/mol. The minimum Gasteiger partial charge on any atom is -0.373 e. The van der Waals surface area contributed by atoms with Gasteiger partial charge in [0.1, 0.15) is 0 Å². The first kappa shape index (κ1) is 13.6. The molecule has 0 aromatic rings. The molecule has 0 aliphatic carbocycles. The normalized spacial score (nSPS) is 29.4. The standard InChI is InChI=1S/C12H25N5O/c1-9(2)15-12(16-13)14-6-11-7-17-5-3-4-10(17)8-18-11/h9-11H,3-8,13H2,1-2H3,(H2,14,15,16). The SMILES string of the molecule is CC(C)NC(=NCC1CN2CCCC2CO1)NN. The molecule has 2 saturated heterocycles. The fourth-order valence-corrected chi connectivity index (χ4v) is 2.60. The monoisotopic (exact) mass is 255 g/mol. The Morgan fingerprint density at radius 3 is 3.11 bits per heavy atom. The summed E-state index contributed by atoms with van der Waals surface area (Å²) in [5, 5.41) is 3.16. The molecule has 104 valence electrons. The topological polar surface area (TPSA) is 74.9 Å². The number of aliphatic imine (C=N–C) groups is 1. The maximum absolute atomic E-state index is 5.85. The van der Waals surface area contributed by atoms with Crippen LogP contribution >= 0.6 is 0 Å². The Morgan fingerprint density at radius 1 is 1.56 bits per heavy atom. The number of nitrogens with one attached hydrogen (secondary N) is 2. The Bertz CT molecular complexity index is 294. The molecule has 4 N–H and O–H groups in total. The van der Waals surface area contributed by atoms with E-state index in [1.165, 1.54) is 19.4 Å². The molecule has 2 atom stereocenters. The average Bonchev–Trinajstić information content (AvgIpc) is 2.81. The van der Waals surface area contributed by atoms with Gasteiger partial charge in [-0.05, 0) is 33.2 Å². The smallest absolute Gasteiger partial charge is 0.206 e. The number of hydrogen-bond donors (Lipinski definition) is 3. The van der Waals surface area contributed by atoms with Gasteiger partial charge in [0, 0.05) is 18.6 Å². The van der Waals surface area contributed by atoms with Gasteiger partial charge in [-0.15, -0.1) is 0 Å². The lowest BCUT2D eigenvalue weighted by atomic mass is 10.2. The summed E-state index contributed by atoms with van der Waals surface area (Å²) in [6, 6.07) is 0.959. The summed E-state index contributed by atoms with van der Waals surface area (Å²) in [5.74, 6) is 6.06. The molecule has 6 nitrogen and oxygen atoms in total. The zero-order valence-corrected chi connectivity index (χ0v) is 11.4. The Morgan fingerprint density at radius 2 is 2.39 bits per heavy atom. The largest absolute Gasteiger partial charge is 0.373 e. The van der Waals surface area contributed by atoms with Gasteiger partial charge in [-0.1, -0.05) is 0 Å². The quantitative estimate of drug-likeness (QED) is 0.279. The number of fused-ring (bicyclic) bond motifs is 1. The summed E-state index contributed by atoms with van der Waals surface area (Å²) in [4.78, 5) is 6.96. The molecule has 2 rings (SSSR count). The van der Waals surface area contributed by atoms with Crippen LogP contribution in [0.3, 0.4) is 0 Å². The van der Waals surface area contributed by atoms with Gasteiger partial charge in [0.2, 0.25) is 5.96 Å². The van der Waals surface area contributed by atoms with Gasteiger partial charge in [0.15, 0.2) is 0 Å². The first-order chi connectivity index (χ1) is 8.69. The number of nitrogens with two attached hydrogens (primary N) is 1. The van der Waals surface area contributed by atoms with Crippen LogP contribution in [-0.4, -0.2) is 55.3 Å². The summed E-state index contributed by atoms with van der Waals surface area (Å²) in [6.45, 7) is 7.82. The summed E-state index contributed by atoms with van der Waals surface area (Å²) in [6.07, 6.45) is 2.77. The summed E-state index contributed by atoms with van der Waals surface area (Å²) < 4.78 is 5.85. The molecule has 0 spiro atoms. The zero-order chi connectivity index (χ0) is 13.0. The molecule has 0 saturated carbocycles.